The minimum Gasteiger partial charge on any atom is -0.478 e. The molecule has 1 amide bonds. The van der Waals surface area contributed by atoms with Gasteiger partial charge >= 0.3 is 12.1 Å². The second-order valence-electron chi connectivity index (χ2n) is 6.27. The molecule has 7 heteroatoms. The molecule has 0 spiro atoms. The molecule has 0 atom stereocenters. The van der Waals surface area contributed by atoms with Gasteiger partial charge in [-0.3, -0.25) is 4.98 Å². The maximum Gasteiger partial charge on any atom is 0.410 e. The lowest BCUT2D eigenvalue weighted by Crippen LogP contribution is -2.39. The molecule has 1 aromatic rings. The van der Waals surface area contributed by atoms with Gasteiger partial charge in [0.2, 0.25) is 0 Å². The molecule has 23 heavy (non-hydrogen) atoms. The third-order valence-electron chi connectivity index (χ3n) is 3.25. The standard InChI is InChI=1S/C16H19ClN2O4/c1-16(2,3)23-15(22)19-6-4-10(5-7-19)13-12(17)8-11(9-18-13)14(20)21/h4,8-9H,5-7H2,1-3H3,(H,20,21). The maximum absolute atomic E-state index is 12.0. The summed E-state index contributed by atoms with van der Waals surface area (Å²) < 4.78 is 5.33. The highest BCUT2D eigenvalue weighted by molar-refractivity contribution is 6.32. The summed E-state index contributed by atoms with van der Waals surface area (Å²) in [5, 5.41) is 9.22. The lowest BCUT2D eigenvalue weighted by molar-refractivity contribution is 0.0270. The molecule has 1 N–H and O–H groups in total. The van der Waals surface area contributed by atoms with E-state index in [2.05, 4.69) is 4.98 Å². The molecule has 0 saturated carbocycles. The van der Waals surface area contributed by atoms with E-state index in [0.717, 1.165) is 5.57 Å². The molecule has 0 bridgehead atoms. The molecule has 2 rings (SSSR count). The van der Waals surface area contributed by atoms with E-state index in [1.54, 1.807) is 4.90 Å². The fraction of sp³-hybridized carbons (Fsp3) is 0.438. The van der Waals surface area contributed by atoms with E-state index in [9.17, 15) is 9.59 Å². The van der Waals surface area contributed by atoms with Gasteiger partial charge in [-0.1, -0.05) is 17.7 Å². The van der Waals surface area contributed by atoms with Crippen molar-refractivity contribution in [3.63, 3.8) is 0 Å². The molecule has 0 aliphatic carbocycles. The highest BCUT2D eigenvalue weighted by Crippen LogP contribution is 2.28. The zero-order valence-electron chi connectivity index (χ0n) is 13.3. The van der Waals surface area contributed by atoms with E-state index >= 15 is 0 Å². The first-order valence-electron chi connectivity index (χ1n) is 7.23. The van der Waals surface area contributed by atoms with Crippen molar-refractivity contribution in [2.24, 2.45) is 0 Å². The van der Waals surface area contributed by atoms with E-state index in [-0.39, 0.29) is 11.7 Å². The molecular weight excluding hydrogens is 320 g/mol. The Balaban J connectivity index is 2.10. The molecule has 0 unspecified atom stereocenters. The molecular formula is C16H19ClN2O4. The van der Waals surface area contributed by atoms with Crippen LogP contribution < -0.4 is 0 Å². The maximum atomic E-state index is 12.0. The number of hydrogen-bond acceptors (Lipinski definition) is 4. The number of amides is 1. The van der Waals surface area contributed by atoms with Gasteiger partial charge in [0.15, 0.2) is 0 Å². The lowest BCUT2D eigenvalue weighted by Gasteiger charge is -2.29. The van der Waals surface area contributed by atoms with Crippen LogP contribution in [-0.4, -0.2) is 45.7 Å². The van der Waals surface area contributed by atoms with Crippen LogP contribution in [0.4, 0.5) is 4.79 Å². The topological polar surface area (TPSA) is 79.7 Å². The van der Waals surface area contributed by atoms with Gasteiger partial charge in [-0.25, -0.2) is 9.59 Å². The van der Waals surface area contributed by atoms with Crippen molar-refractivity contribution in [1.82, 2.24) is 9.88 Å². The van der Waals surface area contributed by atoms with Gasteiger partial charge < -0.3 is 14.7 Å². The van der Waals surface area contributed by atoms with Crippen molar-refractivity contribution in [2.75, 3.05) is 13.1 Å². The average molecular weight is 339 g/mol. The molecule has 124 valence electrons. The van der Waals surface area contributed by atoms with Crippen LogP contribution in [0.3, 0.4) is 0 Å². The lowest BCUT2D eigenvalue weighted by atomic mass is 10.0. The monoisotopic (exact) mass is 338 g/mol. The van der Waals surface area contributed by atoms with E-state index < -0.39 is 11.6 Å². The number of aromatic nitrogens is 1. The second kappa shape index (κ2) is 6.58. The predicted molar refractivity (Wildman–Crippen MR) is 86.6 cm³/mol. The van der Waals surface area contributed by atoms with Crippen LogP contribution in [0.2, 0.25) is 5.02 Å². The van der Waals surface area contributed by atoms with Gasteiger partial charge in [0.05, 0.1) is 16.3 Å². The highest BCUT2D eigenvalue weighted by atomic mass is 35.5. The summed E-state index contributed by atoms with van der Waals surface area (Å²) in [6, 6.07) is 1.38. The number of carbonyl (C=O) groups excluding carboxylic acids is 1. The van der Waals surface area contributed by atoms with Crippen molar-refractivity contribution in [2.45, 2.75) is 32.8 Å². The third kappa shape index (κ3) is 4.45. The fourth-order valence-electron chi connectivity index (χ4n) is 2.17. The molecule has 1 aromatic heterocycles. The number of aromatic carboxylic acids is 1. The number of carboxylic acid groups (broad SMARTS) is 1. The molecule has 1 aliphatic heterocycles. The summed E-state index contributed by atoms with van der Waals surface area (Å²) in [6.07, 6.45) is 3.37. The van der Waals surface area contributed by atoms with Gasteiger partial charge in [-0.05, 0) is 38.8 Å². The minimum atomic E-state index is -1.07. The smallest absolute Gasteiger partial charge is 0.410 e. The first-order valence-corrected chi connectivity index (χ1v) is 7.61. The number of pyridine rings is 1. The first kappa shape index (κ1) is 17.3. The molecule has 2 heterocycles. The summed E-state index contributed by atoms with van der Waals surface area (Å²) in [4.78, 5) is 28.7. The van der Waals surface area contributed by atoms with E-state index in [4.69, 9.17) is 21.4 Å². The van der Waals surface area contributed by atoms with Crippen molar-refractivity contribution in [1.29, 1.82) is 0 Å². The van der Waals surface area contributed by atoms with Gasteiger partial charge in [-0.2, -0.15) is 0 Å². The Hall–Kier alpha value is -2.08. The van der Waals surface area contributed by atoms with E-state index in [0.29, 0.717) is 30.2 Å². The van der Waals surface area contributed by atoms with Crippen LogP contribution >= 0.6 is 11.6 Å². The Morgan fingerprint density at radius 1 is 1.39 bits per heavy atom. The highest BCUT2D eigenvalue weighted by Gasteiger charge is 2.24. The minimum absolute atomic E-state index is 0.0468. The summed E-state index contributed by atoms with van der Waals surface area (Å²) in [6.45, 7) is 6.37. The molecule has 0 aromatic carbocycles. The number of nitrogens with zero attached hydrogens (tertiary/aromatic N) is 2. The number of carboxylic acids is 1. The number of rotatable bonds is 2. The normalized spacial score (nSPS) is 15.1. The molecule has 0 radical (unpaired) electrons. The Kier molecular flexibility index (Phi) is 4.94. The largest absolute Gasteiger partial charge is 0.478 e. The van der Waals surface area contributed by atoms with Crippen molar-refractivity contribution in [3.05, 3.63) is 34.6 Å². The number of hydrogen-bond donors (Lipinski definition) is 1. The zero-order valence-corrected chi connectivity index (χ0v) is 14.1. The quantitative estimate of drug-likeness (QED) is 0.893. The molecule has 1 aliphatic rings. The number of carbonyl (C=O) groups is 2. The fourth-order valence-corrected chi connectivity index (χ4v) is 2.46. The zero-order chi connectivity index (χ0) is 17.2. The van der Waals surface area contributed by atoms with Crippen molar-refractivity contribution < 1.29 is 19.4 Å². The van der Waals surface area contributed by atoms with Crippen LogP contribution in [0.5, 0.6) is 0 Å². The summed E-state index contributed by atoms with van der Waals surface area (Å²) in [5.41, 5.74) is 0.969. The van der Waals surface area contributed by atoms with Crippen LogP contribution in [0.15, 0.2) is 18.3 Å². The van der Waals surface area contributed by atoms with Gasteiger partial charge in [0.1, 0.15) is 5.60 Å². The van der Waals surface area contributed by atoms with Crippen molar-refractivity contribution >= 4 is 29.2 Å². The third-order valence-corrected chi connectivity index (χ3v) is 3.54. The molecule has 0 saturated heterocycles. The van der Waals surface area contributed by atoms with Crippen LogP contribution in [0, 0.1) is 0 Å². The van der Waals surface area contributed by atoms with Gasteiger partial charge in [-0.15, -0.1) is 0 Å². The molecule has 6 nitrogen and oxygen atoms in total. The first-order chi connectivity index (χ1) is 10.7. The van der Waals surface area contributed by atoms with Gasteiger partial charge in [0, 0.05) is 19.3 Å². The predicted octanol–water partition coefficient (Wildman–Crippen LogP) is 3.46. The number of ether oxygens (including phenoxy) is 1. The van der Waals surface area contributed by atoms with Crippen molar-refractivity contribution in [3.8, 4) is 0 Å². The Labute approximate surface area is 139 Å². The Morgan fingerprint density at radius 2 is 2.09 bits per heavy atom. The Morgan fingerprint density at radius 3 is 2.57 bits per heavy atom. The Bertz CT molecular complexity index is 665. The van der Waals surface area contributed by atoms with Gasteiger partial charge in [0.25, 0.3) is 0 Å². The molecule has 0 fully saturated rings. The average Bonchev–Trinajstić information content (AvgIpc) is 2.45. The second-order valence-corrected chi connectivity index (χ2v) is 6.67. The van der Waals surface area contributed by atoms with Crippen LogP contribution in [0.1, 0.15) is 43.2 Å². The SMILES string of the molecule is CC(C)(C)OC(=O)N1CC=C(c2ncc(C(=O)O)cc2Cl)CC1. The van der Waals surface area contributed by atoms with Crippen LogP contribution in [0.25, 0.3) is 5.57 Å². The van der Waals surface area contributed by atoms with E-state index in [1.807, 2.05) is 26.8 Å². The number of halogens is 1. The summed E-state index contributed by atoms with van der Waals surface area (Å²) in [7, 11) is 0. The van der Waals surface area contributed by atoms with E-state index in [1.165, 1.54) is 12.3 Å². The summed E-state index contributed by atoms with van der Waals surface area (Å²) in [5.74, 6) is -1.07. The summed E-state index contributed by atoms with van der Waals surface area (Å²) >= 11 is 6.12. The van der Waals surface area contributed by atoms with Crippen LogP contribution in [-0.2, 0) is 4.74 Å².